The third-order valence-electron chi connectivity index (χ3n) is 5.65. The van der Waals surface area contributed by atoms with E-state index in [2.05, 4.69) is 15.4 Å². The van der Waals surface area contributed by atoms with E-state index < -0.39 is 41.4 Å². The van der Waals surface area contributed by atoms with E-state index in [1.165, 1.54) is 26.9 Å². The predicted molar refractivity (Wildman–Crippen MR) is 146 cm³/mol. The highest BCUT2D eigenvalue weighted by Gasteiger charge is 2.36. The van der Waals surface area contributed by atoms with Crippen molar-refractivity contribution >= 4 is 46.5 Å². The molecule has 0 unspecified atom stereocenters. The van der Waals surface area contributed by atoms with Gasteiger partial charge in [0.15, 0.2) is 11.6 Å². The molecule has 3 aromatic rings. The molecule has 0 aliphatic carbocycles. The smallest absolute Gasteiger partial charge is 0.416 e. The number of carbonyl (C=O) groups is 2. The molecule has 1 saturated heterocycles. The zero-order chi connectivity index (χ0) is 28.5. The Bertz CT molecular complexity index is 1340. The SMILES string of the molecule is CC(C)(C)OC(=O)N[C@H]1CCCO[C@@H]1c1cn2nc(Cl)nc(N(Cc3cccs3)C(=O)OC(C)(C)C)c2c1F. The van der Waals surface area contributed by atoms with Crippen LogP contribution in [-0.4, -0.2) is 50.6 Å². The first kappa shape index (κ1) is 29.0. The minimum Gasteiger partial charge on any atom is -0.444 e. The van der Waals surface area contributed by atoms with Crippen molar-refractivity contribution in [3.63, 3.8) is 0 Å². The largest absolute Gasteiger partial charge is 0.444 e. The number of fused-ring (bicyclic) bond motifs is 1. The zero-order valence-corrected chi connectivity index (χ0v) is 24.4. The van der Waals surface area contributed by atoms with Crippen LogP contribution in [0, 0.1) is 5.82 Å². The number of carbonyl (C=O) groups excluding carboxylic acids is 2. The van der Waals surface area contributed by atoms with Gasteiger partial charge in [0.25, 0.3) is 0 Å². The van der Waals surface area contributed by atoms with Crippen molar-refractivity contribution in [2.75, 3.05) is 11.5 Å². The van der Waals surface area contributed by atoms with Crippen molar-refractivity contribution in [1.29, 1.82) is 0 Å². The molecule has 39 heavy (non-hydrogen) atoms. The molecule has 1 N–H and O–H groups in total. The van der Waals surface area contributed by atoms with Gasteiger partial charge in [0, 0.05) is 23.2 Å². The number of hydrogen-bond donors (Lipinski definition) is 1. The number of amides is 2. The molecule has 1 aliphatic heterocycles. The van der Waals surface area contributed by atoms with Gasteiger partial charge in [0.05, 0.1) is 12.6 Å². The zero-order valence-electron chi connectivity index (χ0n) is 22.8. The molecular weight excluding hydrogens is 549 g/mol. The molecule has 10 nitrogen and oxygen atoms in total. The minimum atomic E-state index is -0.827. The average Bonchev–Trinajstić information content (AvgIpc) is 3.42. The van der Waals surface area contributed by atoms with E-state index in [9.17, 15) is 9.59 Å². The fraction of sp³-hybridized carbons (Fsp3) is 0.538. The first-order valence-corrected chi connectivity index (χ1v) is 13.9. The molecule has 0 bridgehead atoms. The quantitative estimate of drug-likeness (QED) is 0.378. The number of aromatic nitrogens is 3. The van der Waals surface area contributed by atoms with Crippen LogP contribution in [0.25, 0.3) is 5.52 Å². The van der Waals surface area contributed by atoms with Gasteiger partial charge in [0.2, 0.25) is 5.28 Å². The second kappa shape index (κ2) is 11.3. The lowest BCUT2D eigenvalue weighted by Crippen LogP contribution is -2.45. The van der Waals surface area contributed by atoms with Crippen LogP contribution in [0.2, 0.25) is 5.28 Å². The van der Waals surface area contributed by atoms with Gasteiger partial charge in [-0.25, -0.2) is 18.5 Å². The summed E-state index contributed by atoms with van der Waals surface area (Å²) < 4.78 is 34.5. The molecule has 4 heterocycles. The van der Waals surface area contributed by atoms with Crippen LogP contribution >= 0.6 is 22.9 Å². The van der Waals surface area contributed by atoms with E-state index in [-0.39, 0.29) is 28.7 Å². The number of ether oxygens (including phenoxy) is 3. The van der Waals surface area contributed by atoms with Gasteiger partial charge in [0.1, 0.15) is 22.8 Å². The van der Waals surface area contributed by atoms with Crippen molar-refractivity contribution in [3.8, 4) is 0 Å². The van der Waals surface area contributed by atoms with Crippen molar-refractivity contribution in [2.45, 2.75) is 84.3 Å². The lowest BCUT2D eigenvalue weighted by atomic mass is 9.97. The van der Waals surface area contributed by atoms with Gasteiger partial charge in [-0.05, 0) is 77.4 Å². The normalized spacial score (nSPS) is 18.2. The standard InChI is InChI=1S/C26H33ClFN5O5S/c1-25(2,3)37-23(34)29-17-10-7-11-36-20(17)16-14-33-19(18(16)28)21(30-22(27)31-33)32(13-15-9-8-12-39-15)24(35)38-26(4,5)6/h8-9,12,14,17,20H,7,10-11,13H2,1-6H3,(H,29,34)/t17-,20+/m0/s1. The van der Waals surface area contributed by atoms with Crippen LogP contribution in [0.15, 0.2) is 23.7 Å². The molecule has 0 spiro atoms. The van der Waals surface area contributed by atoms with Crippen LogP contribution < -0.4 is 10.2 Å². The van der Waals surface area contributed by atoms with Gasteiger partial charge >= 0.3 is 12.2 Å². The summed E-state index contributed by atoms with van der Waals surface area (Å²) in [7, 11) is 0. The summed E-state index contributed by atoms with van der Waals surface area (Å²) in [6.45, 7) is 11.0. The summed E-state index contributed by atoms with van der Waals surface area (Å²) in [5, 5.41) is 8.64. The number of thiophene rings is 1. The summed E-state index contributed by atoms with van der Waals surface area (Å²) in [5.74, 6) is -0.738. The van der Waals surface area contributed by atoms with Gasteiger partial charge in [-0.1, -0.05) is 6.07 Å². The van der Waals surface area contributed by atoms with Crippen molar-refractivity contribution in [2.24, 2.45) is 0 Å². The second-order valence-electron chi connectivity index (χ2n) is 11.2. The Labute approximate surface area is 235 Å². The highest BCUT2D eigenvalue weighted by molar-refractivity contribution is 7.09. The molecule has 0 radical (unpaired) electrons. The van der Waals surface area contributed by atoms with E-state index in [1.54, 1.807) is 41.5 Å². The van der Waals surface area contributed by atoms with Gasteiger partial charge in [-0.2, -0.15) is 4.98 Å². The van der Waals surface area contributed by atoms with Gasteiger partial charge in [-0.15, -0.1) is 16.4 Å². The highest BCUT2D eigenvalue weighted by atomic mass is 35.5. The van der Waals surface area contributed by atoms with E-state index in [1.807, 2.05) is 17.5 Å². The number of halogens is 2. The Morgan fingerprint density at radius 1 is 1.26 bits per heavy atom. The molecule has 2 amide bonds. The van der Waals surface area contributed by atoms with Crippen LogP contribution in [-0.2, 0) is 20.8 Å². The highest BCUT2D eigenvalue weighted by Crippen LogP contribution is 2.36. The summed E-state index contributed by atoms with van der Waals surface area (Å²) in [4.78, 5) is 32.2. The maximum absolute atomic E-state index is 16.3. The predicted octanol–water partition coefficient (Wildman–Crippen LogP) is 6.27. The molecule has 4 rings (SSSR count). The number of nitrogens with zero attached hydrogens (tertiary/aromatic N) is 4. The Morgan fingerprint density at radius 2 is 1.97 bits per heavy atom. The molecule has 13 heteroatoms. The van der Waals surface area contributed by atoms with Crippen LogP contribution in [0.3, 0.4) is 0 Å². The van der Waals surface area contributed by atoms with E-state index in [0.717, 1.165) is 4.88 Å². The molecular formula is C26H33ClFN5O5S. The minimum absolute atomic E-state index is 0.0474. The molecule has 1 aliphatic rings. The Morgan fingerprint density at radius 3 is 2.62 bits per heavy atom. The number of hydrogen-bond acceptors (Lipinski definition) is 8. The summed E-state index contributed by atoms with van der Waals surface area (Å²) in [5.41, 5.74) is -1.42. The molecule has 2 atom stereocenters. The van der Waals surface area contributed by atoms with Crippen molar-refractivity contribution < 1.29 is 28.2 Å². The van der Waals surface area contributed by atoms with E-state index in [0.29, 0.717) is 19.4 Å². The fourth-order valence-corrected chi connectivity index (χ4v) is 5.06. The van der Waals surface area contributed by atoms with Gasteiger partial charge in [-0.3, -0.25) is 4.90 Å². The Hall–Kier alpha value is -2.96. The number of nitrogens with one attached hydrogen (secondary N) is 1. The number of alkyl carbamates (subject to hydrolysis) is 1. The number of anilines is 1. The summed E-state index contributed by atoms with van der Waals surface area (Å²) in [6.07, 6.45) is 0.510. The van der Waals surface area contributed by atoms with Crippen LogP contribution in [0.1, 0.15) is 70.9 Å². The van der Waals surface area contributed by atoms with Crippen LogP contribution in [0.5, 0.6) is 0 Å². The number of rotatable bonds is 5. The van der Waals surface area contributed by atoms with E-state index >= 15 is 4.39 Å². The topological polar surface area (TPSA) is 107 Å². The molecule has 3 aromatic heterocycles. The van der Waals surface area contributed by atoms with Gasteiger partial charge < -0.3 is 19.5 Å². The maximum Gasteiger partial charge on any atom is 0.416 e. The molecule has 1 fully saturated rings. The second-order valence-corrected chi connectivity index (χ2v) is 12.6. The first-order chi connectivity index (χ1) is 18.2. The third kappa shape index (κ3) is 7.17. The fourth-order valence-electron chi connectivity index (χ4n) is 4.20. The first-order valence-electron chi connectivity index (χ1n) is 12.6. The van der Waals surface area contributed by atoms with Crippen LogP contribution in [0.4, 0.5) is 19.8 Å². The monoisotopic (exact) mass is 581 g/mol. The maximum atomic E-state index is 16.3. The lowest BCUT2D eigenvalue weighted by Gasteiger charge is -2.32. The summed E-state index contributed by atoms with van der Waals surface area (Å²) >= 11 is 7.68. The molecule has 0 aromatic carbocycles. The lowest BCUT2D eigenvalue weighted by molar-refractivity contribution is -0.0178. The molecule has 0 saturated carbocycles. The Balaban J connectivity index is 1.76. The Kier molecular flexibility index (Phi) is 8.38. The van der Waals surface area contributed by atoms with Crippen molar-refractivity contribution in [3.05, 3.63) is 45.3 Å². The third-order valence-corrected chi connectivity index (χ3v) is 6.67. The molecule has 212 valence electrons. The van der Waals surface area contributed by atoms with Crippen molar-refractivity contribution in [1.82, 2.24) is 19.9 Å². The van der Waals surface area contributed by atoms with E-state index in [4.69, 9.17) is 25.8 Å². The average molecular weight is 582 g/mol. The summed E-state index contributed by atoms with van der Waals surface area (Å²) in [6, 6.07) is 3.15.